The SMILES string of the molecule is CC1CN(C(=O)C2COc3ccccc3C2)CCC1O. The molecule has 3 unspecified atom stereocenters. The summed E-state index contributed by atoms with van der Waals surface area (Å²) in [6.45, 7) is 3.76. The van der Waals surface area contributed by atoms with Crippen molar-refractivity contribution >= 4 is 5.91 Å². The Morgan fingerprint density at radius 2 is 2.20 bits per heavy atom. The second-order valence-electron chi connectivity index (χ2n) is 5.94. The lowest BCUT2D eigenvalue weighted by molar-refractivity contribution is -0.140. The fourth-order valence-electron chi connectivity index (χ4n) is 3.08. The molecule has 3 rings (SSSR count). The predicted molar refractivity (Wildman–Crippen MR) is 75.5 cm³/mol. The first-order valence-electron chi connectivity index (χ1n) is 7.32. The Bertz CT molecular complexity index is 502. The predicted octanol–water partition coefficient (Wildman–Crippen LogP) is 1.47. The van der Waals surface area contributed by atoms with Crippen LogP contribution in [0, 0.1) is 11.8 Å². The second kappa shape index (κ2) is 5.44. The van der Waals surface area contributed by atoms with Crippen LogP contribution >= 0.6 is 0 Å². The summed E-state index contributed by atoms with van der Waals surface area (Å²) in [6, 6.07) is 7.91. The second-order valence-corrected chi connectivity index (χ2v) is 5.94. The summed E-state index contributed by atoms with van der Waals surface area (Å²) in [5, 5.41) is 9.76. The van der Waals surface area contributed by atoms with Crippen molar-refractivity contribution in [3.05, 3.63) is 29.8 Å². The summed E-state index contributed by atoms with van der Waals surface area (Å²) in [4.78, 5) is 14.5. The third kappa shape index (κ3) is 2.52. The molecule has 1 amide bonds. The lowest BCUT2D eigenvalue weighted by atomic mass is 9.92. The topological polar surface area (TPSA) is 49.8 Å². The Kier molecular flexibility index (Phi) is 3.66. The number of amides is 1. The first kappa shape index (κ1) is 13.4. The van der Waals surface area contributed by atoms with Crippen molar-refractivity contribution in [2.75, 3.05) is 19.7 Å². The van der Waals surface area contributed by atoms with Crippen LogP contribution in [0.1, 0.15) is 18.9 Å². The van der Waals surface area contributed by atoms with Gasteiger partial charge >= 0.3 is 0 Å². The highest BCUT2D eigenvalue weighted by molar-refractivity contribution is 5.80. The zero-order valence-electron chi connectivity index (χ0n) is 11.8. The minimum atomic E-state index is -0.276. The zero-order valence-corrected chi connectivity index (χ0v) is 11.8. The Hall–Kier alpha value is -1.55. The maximum atomic E-state index is 12.6. The zero-order chi connectivity index (χ0) is 14.1. The maximum absolute atomic E-state index is 12.6. The molecule has 1 aromatic rings. The van der Waals surface area contributed by atoms with E-state index in [-0.39, 0.29) is 23.8 Å². The number of hydrogen-bond acceptors (Lipinski definition) is 3. The van der Waals surface area contributed by atoms with Gasteiger partial charge in [-0.1, -0.05) is 25.1 Å². The van der Waals surface area contributed by atoms with Crippen molar-refractivity contribution in [2.45, 2.75) is 25.9 Å². The largest absolute Gasteiger partial charge is 0.492 e. The number of aliphatic hydroxyl groups is 1. The third-order valence-electron chi connectivity index (χ3n) is 4.40. The molecule has 0 saturated carbocycles. The van der Waals surface area contributed by atoms with Gasteiger partial charge in [0.1, 0.15) is 12.4 Å². The molecular formula is C16H21NO3. The van der Waals surface area contributed by atoms with Gasteiger partial charge in [0.05, 0.1) is 12.0 Å². The molecule has 108 valence electrons. The van der Waals surface area contributed by atoms with Gasteiger partial charge in [0.15, 0.2) is 0 Å². The van der Waals surface area contributed by atoms with E-state index in [1.54, 1.807) is 0 Å². The Morgan fingerprint density at radius 3 is 3.00 bits per heavy atom. The number of hydrogen-bond donors (Lipinski definition) is 1. The quantitative estimate of drug-likeness (QED) is 0.844. The molecule has 0 aromatic heterocycles. The van der Waals surface area contributed by atoms with Crippen LogP contribution in [0.4, 0.5) is 0 Å². The van der Waals surface area contributed by atoms with Crippen LogP contribution in [0.25, 0.3) is 0 Å². The fourth-order valence-corrected chi connectivity index (χ4v) is 3.08. The number of rotatable bonds is 1. The van der Waals surface area contributed by atoms with Crippen LogP contribution in [-0.2, 0) is 11.2 Å². The molecule has 1 aromatic carbocycles. The third-order valence-corrected chi connectivity index (χ3v) is 4.40. The Balaban J connectivity index is 1.67. The van der Waals surface area contributed by atoms with Crippen LogP contribution in [0.15, 0.2) is 24.3 Å². The summed E-state index contributed by atoms with van der Waals surface area (Å²) < 4.78 is 5.70. The molecule has 1 fully saturated rings. The standard InChI is InChI=1S/C16H21NO3/c1-11-9-17(7-6-14(11)18)16(19)13-8-12-4-2-3-5-15(12)20-10-13/h2-5,11,13-14,18H,6-10H2,1H3. The molecule has 0 spiro atoms. The van der Waals surface area contributed by atoms with Gasteiger partial charge in [-0.2, -0.15) is 0 Å². The number of fused-ring (bicyclic) bond motifs is 1. The first-order valence-corrected chi connectivity index (χ1v) is 7.32. The molecule has 2 heterocycles. The smallest absolute Gasteiger partial charge is 0.229 e. The monoisotopic (exact) mass is 275 g/mol. The van der Waals surface area contributed by atoms with Crippen LogP contribution in [0.3, 0.4) is 0 Å². The van der Waals surface area contributed by atoms with Crippen molar-refractivity contribution in [3.8, 4) is 5.75 Å². The summed E-state index contributed by atoms with van der Waals surface area (Å²) in [6.07, 6.45) is 1.15. The molecule has 2 aliphatic heterocycles. The van der Waals surface area contributed by atoms with E-state index in [0.717, 1.165) is 17.7 Å². The van der Waals surface area contributed by atoms with Crippen molar-refractivity contribution in [3.63, 3.8) is 0 Å². The normalized spacial score (nSPS) is 29.5. The molecule has 20 heavy (non-hydrogen) atoms. The number of likely N-dealkylation sites (tertiary alicyclic amines) is 1. The molecule has 0 aliphatic carbocycles. The fraction of sp³-hybridized carbons (Fsp3) is 0.562. The van der Waals surface area contributed by atoms with Gasteiger partial charge in [-0.3, -0.25) is 4.79 Å². The van der Waals surface area contributed by atoms with Crippen LogP contribution in [0.2, 0.25) is 0 Å². The molecule has 0 bridgehead atoms. The Morgan fingerprint density at radius 1 is 1.40 bits per heavy atom. The number of piperidine rings is 1. The van der Waals surface area contributed by atoms with Gasteiger partial charge in [-0.15, -0.1) is 0 Å². The van der Waals surface area contributed by atoms with Gasteiger partial charge in [0.2, 0.25) is 5.91 Å². The molecular weight excluding hydrogens is 254 g/mol. The van der Waals surface area contributed by atoms with E-state index in [1.165, 1.54) is 0 Å². The maximum Gasteiger partial charge on any atom is 0.229 e. The average Bonchev–Trinajstić information content (AvgIpc) is 2.49. The highest BCUT2D eigenvalue weighted by Gasteiger charge is 2.33. The van der Waals surface area contributed by atoms with Crippen LogP contribution in [0.5, 0.6) is 5.75 Å². The molecule has 0 radical (unpaired) electrons. The van der Waals surface area contributed by atoms with Gasteiger partial charge in [0.25, 0.3) is 0 Å². The summed E-state index contributed by atoms with van der Waals surface area (Å²) in [7, 11) is 0. The number of para-hydroxylation sites is 1. The number of benzene rings is 1. The van der Waals surface area contributed by atoms with Gasteiger partial charge in [0, 0.05) is 13.1 Å². The molecule has 1 saturated heterocycles. The molecule has 4 nitrogen and oxygen atoms in total. The number of aliphatic hydroxyl groups excluding tert-OH is 1. The molecule has 2 aliphatic rings. The van der Waals surface area contributed by atoms with E-state index >= 15 is 0 Å². The molecule has 4 heteroatoms. The lowest BCUT2D eigenvalue weighted by Crippen LogP contribution is -2.48. The Labute approximate surface area is 119 Å². The molecule has 3 atom stereocenters. The van der Waals surface area contributed by atoms with Crippen LogP contribution < -0.4 is 4.74 Å². The van der Waals surface area contributed by atoms with Gasteiger partial charge < -0.3 is 14.7 Å². The number of nitrogens with zero attached hydrogens (tertiary/aromatic N) is 1. The van der Waals surface area contributed by atoms with E-state index in [1.807, 2.05) is 36.1 Å². The van der Waals surface area contributed by atoms with Crippen molar-refractivity contribution in [1.29, 1.82) is 0 Å². The number of ether oxygens (including phenoxy) is 1. The van der Waals surface area contributed by atoms with Crippen LogP contribution in [-0.4, -0.2) is 41.7 Å². The van der Waals surface area contributed by atoms with E-state index in [4.69, 9.17) is 4.74 Å². The number of carbonyl (C=O) groups is 1. The molecule has 1 N–H and O–H groups in total. The number of carbonyl (C=O) groups excluding carboxylic acids is 1. The van der Waals surface area contributed by atoms with E-state index in [0.29, 0.717) is 26.1 Å². The van der Waals surface area contributed by atoms with Crippen molar-refractivity contribution < 1.29 is 14.6 Å². The van der Waals surface area contributed by atoms with Gasteiger partial charge in [-0.05, 0) is 30.4 Å². The van der Waals surface area contributed by atoms with E-state index < -0.39 is 0 Å². The van der Waals surface area contributed by atoms with Crippen molar-refractivity contribution in [1.82, 2.24) is 4.90 Å². The van der Waals surface area contributed by atoms with E-state index in [9.17, 15) is 9.90 Å². The van der Waals surface area contributed by atoms with E-state index in [2.05, 4.69) is 0 Å². The first-order chi connectivity index (χ1) is 9.65. The van der Waals surface area contributed by atoms with Crippen molar-refractivity contribution in [2.24, 2.45) is 11.8 Å². The summed E-state index contributed by atoms with van der Waals surface area (Å²) in [5.41, 5.74) is 1.11. The lowest BCUT2D eigenvalue weighted by Gasteiger charge is -2.37. The minimum absolute atomic E-state index is 0.0904. The highest BCUT2D eigenvalue weighted by Crippen LogP contribution is 2.28. The summed E-state index contributed by atoms with van der Waals surface area (Å²) in [5.74, 6) is 1.13. The van der Waals surface area contributed by atoms with Gasteiger partial charge in [-0.25, -0.2) is 0 Å². The summed E-state index contributed by atoms with van der Waals surface area (Å²) >= 11 is 0. The highest BCUT2D eigenvalue weighted by atomic mass is 16.5. The average molecular weight is 275 g/mol. The minimum Gasteiger partial charge on any atom is -0.492 e.